The molecule has 0 radical (unpaired) electrons. The van der Waals surface area contributed by atoms with Crippen molar-refractivity contribution in [3.05, 3.63) is 0 Å². The second-order valence-electron chi connectivity index (χ2n) is 4.77. The molecule has 0 atom stereocenters. The van der Waals surface area contributed by atoms with Crippen molar-refractivity contribution >= 4 is 5.91 Å². The summed E-state index contributed by atoms with van der Waals surface area (Å²) in [6.45, 7) is 9.06. The van der Waals surface area contributed by atoms with Crippen molar-refractivity contribution in [2.45, 2.75) is 52.5 Å². The van der Waals surface area contributed by atoms with Crippen LogP contribution >= 0.6 is 0 Å². The zero-order valence-corrected chi connectivity index (χ0v) is 10.8. The number of nitrogens with two attached hydrogens (primary N) is 1. The first-order valence-corrected chi connectivity index (χ1v) is 5.91. The summed E-state index contributed by atoms with van der Waals surface area (Å²) >= 11 is 0. The normalized spacial score (nSPS) is 11.9. The van der Waals surface area contributed by atoms with Gasteiger partial charge < -0.3 is 10.6 Å². The first-order chi connectivity index (χ1) is 6.87. The van der Waals surface area contributed by atoms with Crippen LogP contribution in [0.25, 0.3) is 0 Å². The van der Waals surface area contributed by atoms with E-state index in [-0.39, 0.29) is 5.91 Å². The van der Waals surface area contributed by atoms with Gasteiger partial charge in [-0.2, -0.15) is 0 Å². The van der Waals surface area contributed by atoms with Crippen LogP contribution in [0.1, 0.15) is 47.0 Å². The Morgan fingerprint density at radius 2 is 1.80 bits per heavy atom. The van der Waals surface area contributed by atoms with Crippen LogP contribution in [-0.2, 0) is 4.79 Å². The Morgan fingerprint density at radius 1 is 1.33 bits per heavy atom. The highest BCUT2D eigenvalue weighted by atomic mass is 16.2. The molecule has 0 saturated carbocycles. The number of rotatable bonds is 6. The average Bonchev–Trinajstić information content (AvgIpc) is 2.23. The van der Waals surface area contributed by atoms with Gasteiger partial charge in [-0.25, -0.2) is 0 Å². The Balaban J connectivity index is 4.30. The standard InChI is InChI=1S/C12H26N2O/c1-6-12(13,7-2)11(15)14(5)9-8-10(3)4/h10H,6-9,13H2,1-5H3. The molecule has 0 unspecified atom stereocenters. The van der Waals surface area contributed by atoms with E-state index in [1.54, 1.807) is 4.90 Å². The molecule has 0 saturated heterocycles. The van der Waals surface area contributed by atoms with E-state index < -0.39 is 5.54 Å². The molecule has 0 aliphatic carbocycles. The summed E-state index contributed by atoms with van der Waals surface area (Å²) in [6.07, 6.45) is 2.44. The van der Waals surface area contributed by atoms with Gasteiger partial charge in [0.2, 0.25) is 5.91 Å². The Labute approximate surface area is 94.0 Å². The maximum atomic E-state index is 12.0. The predicted molar refractivity (Wildman–Crippen MR) is 64.6 cm³/mol. The van der Waals surface area contributed by atoms with Gasteiger partial charge in [-0.05, 0) is 25.2 Å². The Kier molecular flexibility index (Phi) is 5.88. The molecule has 3 heteroatoms. The third kappa shape index (κ3) is 4.20. The lowest BCUT2D eigenvalue weighted by molar-refractivity contribution is -0.136. The molecule has 0 heterocycles. The number of carbonyl (C=O) groups is 1. The van der Waals surface area contributed by atoms with Crippen LogP contribution in [0.4, 0.5) is 0 Å². The molecule has 0 aromatic carbocycles. The number of nitrogens with zero attached hydrogens (tertiary/aromatic N) is 1. The number of hydrogen-bond donors (Lipinski definition) is 1. The summed E-state index contributed by atoms with van der Waals surface area (Å²) in [6, 6.07) is 0. The van der Waals surface area contributed by atoms with E-state index in [0.29, 0.717) is 18.8 Å². The smallest absolute Gasteiger partial charge is 0.242 e. The maximum Gasteiger partial charge on any atom is 0.242 e. The van der Waals surface area contributed by atoms with Crippen molar-refractivity contribution in [2.24, 2.45) is 11.7 Å². The van der Waals surface area contributed by atoms with E-state index in [9.17, 15) is 4.79 Å². The minimum absolute atomic E-state index is 0.0770. The number of amides is 1. The van der Waals surface area contributed by atoms with E-state index >= 15 is 0 Å². The largest absolute Gasteiger partial charge is 0.344 e. The van der Waals surface area contributed by atoms with Crippen LogP contribution < -0.4 is 5.73 Å². The van der Waals surface area contributed by atoms with Crippen LogP contribution in [0.3, 0.4) is 0 Å². The van der Waals surface area contributed by atoms with Crippen LogP contribution in [0.5, 0.6) is 0 Å². The molecular weight excluding hydrogens is 188 g/mol. The number of likely N-dealkylation sites (N-methyl/N-ethyl adjacent to an activating group) is 1. The molecule has 0 rings (SSSR count). The quantitative estimate of drug-likeness (QED) is 0.735. The molecule has 0 bridgehead atoms. The summed E-state index contributed by atoms with van der Waals surface area (Å²) < 4.78 is 0. The molecule has 0 spiro atoms. The van der Waals surface area contributed by atoms with E-state index in [1.807, 2.05) is 20.9 Å². The molecule has 0 aromatic rings. The van der Waals surface area contributed by atoms with Crippen molar-refractivity contribution in [3.63, 3.8) is 0 Å². The fraction of sp³-hybridized carbons (Fsp3) is 0.917. The zero-order valence-electron chi connectivity index (χ0n) is 10.8. The first-order valence-electron chi connectivity index (χ1n) is 5.91. The number of carbonyl (C=O) groups excluding carboxylic acids is 1. The molecule has 0 aliphatic rings. The lowest BCUT2D eigenvalue weighted by atomic mass is 9.92. The first kappa shape index (κ1) is 14.4. The molecule has 0 fully saturated rings. The molecular formula is C12H26N2O. The molecule has 15 heavy (non-hydrogen) atoms. The van der Waals surface area contributed by atoms with Gasteiger partial charge in [0.1, 0.15) is 0 Å². The Bertz CT molecular complexity index is 198. The zero-order chi connectivity index (χ0) is 12.1. The average molecular weight is 214 g/mol. The molecule has 90 valence electrons. The van der Waals surface area contributed by atoms with E-state index in [4.69, 9.17) is 5.73 Å². The van der Waals surface area contributed by atoms with Crippen molar-refractivity contribution in [1.82, 2.24) is 4.90 Å². The summed E-state index contributed by atoms with van der Waals surface area (Å²) in [5.41, 5.74) is 5.40. The van der Waals surface area contributed by atoms with Gasteiger partial charge in [-0.15, -0.1) is 0 Å². The molecule has 0 aliphatic heterocycles. The van der Waals surface area contributed by atoms with Crippen LogP contribution in [-0.4, -0.2) is 29.9 Å². The minimum Gasteiger partial charge on any atom is -0.344 e. The third-order valence-corrected chi connectivity index (χ3v) is 3.08. The summed E-state index contributed by atoms with van der Waals surface area (Å²) in [5, 5.41) is 0. The van der Waals surface area contributed by atoms with Crippen molar-refractivity contribution in [3.8, 4) is 0 Å². The van der Waals surface area contributed by atoms with Crippen LogP contribution in [0.2, 0.25) is 0 Å². The fourth-order valence-electron chi connectivity index (χ4n) is 1.49. The maximum absolute atomic E-state index is 12.0. The fourth-order valence-corrected chi connectivity index (χ4v) is 1.49. The van der Waals surface area contributed by atoms with Crippen molar-refractivity contribution in [1.29, 1.82) is 0 Å². The van der Waals surface area contributed by atoms with Gasteiger partial charge in [-0.3, -0.25) is 4.79 Å². The summed E-state index contributed by atoms with van der Waals surface area (Å²) in [4.78, 5) is 13.8. The second kappa shape index (κ2) is 6.11. The monoisotopic (exact) mass is 214 g/mol. The van der Waals surface area contributed by atoms with Crippen molar-refractivity contribution < 1.29 is 4.79 Å². The highest BCUT2D eigenvalue weighted by Crippen LogP contribution is 2.15. The predicted octanol–water partition coefficient (Wildman–Crippen LogP) is 2.01. The highest BCUT2D eigenvalue weighted by molar-refractivity contribution is 5.85. The number of hydrogen-bond acceptors (Lipinski definition) is 2. The second-order valence-corrected chi connectivity index (χ2v) is 4.77. The molecule has 3 nitrogen and oxygen atoms in total. The Hall–Kier alpha value is -0.570. The van der Waals surface area contributed by atoms with Gasteiger partial charge in [0.15, 0.2) is 0 Å². The lowest BCUT2D eigenvalue weighted by Crippen LogP contribution is -2.53. The molecule has 0 aromatic heterocycles. The summed E-state index contributed by atoms with van der Waals surface area (Å²) in [5.74, 6) is 0.698. The van der Waals surface area contributed by atoms with Gasteiger partial charge in [-0.1, -0.05) is 27.7 Å². The van der Waals surface area contributed by atoms with Crippen molar-refractivity contribution in [2.75, 3.05) is 13.6 Å². The van der Waals surface area contributed by atoms with Crippen LogP contribution in [0, 0.1) is 5.92 Å². The SMILES string of the molecule is CCC(N)(CC)C(=O)N(C)CCC(C)C. The third-order valence-electron chi connectivity index (χ3n) is 3.08. The highest BCUT2D eigenvalue weighted by Gasteiger charge is 2.32. The van der Waals surface area contributed by atoms with Gasteiger partial charge in [0.05, 0.1) is 5.54 Å². The van der Waals surface area contributed by atoms with Crippen LogP contribution in [0.15, 0.2) is 0 Å². The van der Waals surface area contributed by atoms with Gasteiger partial charge in [0, 0.05) is 13.6 Å². The summed E-state index contributed by atoms with van der Waals surface area (Å²) in [7, 11) is 1.84. The van der Waals surface area contributed by atoms with E-state index in [2.05, 4.69) is 13.8 Å². The lowest BCUT2D eigenvalue weighted by Gasteiger charge is -2.31. The molecule has 1 amide bonds. The minimum atomic E-state index is -0.661. The topological polar surface area (TPSA) is 46.3 Å². The Morgan fingerprint density at radius 3 is 2.13 bits per heavy atom. The van der Waals surface area contributed by atoms with E-state index in [0.717, 1.165) is 13.0 Å². The van der Waals surface area contributed by atoms with Gasteiger partial charge >= 0.3 is 0 Å². The van der Waals surface area contributed by atoms with Gasteiger partial charge in [0.25, 0.3) is 0 Å². The van der Waals surface area contributed by atoms with E-state index in [1.165, 1.54) is 0 Å². The molecule has 2 N–H and O–H groups in total.